The molecular weight excluding hydrogens is 316 g/mol. The van der Waals surface area contributed by atoms with Crippen LogP contribution in [0.3, 0.4) is 0 Å². The normalized spacial score (nSPS) is 18.9. The summed E-state index contributed by atoms with van der Waals surface area (Å²) in [6, 6.07) is 6.91. The van der Waals surface area contributed by atoms with Gasteiger partial charge in [0.05, 0.1) is 0 Å². The highest BCUT2D eigenvalue weighted by molar-refractivity contribution is 5.28. The van der Waals surface area contributed by atoms with Gasteiger partial charge < -0.3 is 9.26 Å². The molecule has 5 nitrogen and oxygen atoms in total. The summed E-state index contributed by atoms with van der Waals surface area (Å²) in [7, 11) is 0. The van der Waals surface area contributed by atoms with E-state index in [1.807, 2.05) is 13.0 Å². The van der Waals surface area contributed by atoms with Gasteiger partial charge in [-0.15, -0.1) is 0 Å². The quantitative estimate of drug-likeness (QED) is 0.808. The summed E-state index contributed by atoms with van der Waals surface area (Å²) >= 11 is 0. The molecule has 2 heterocycles. The zero-order valence-electron chi connectivity index (χ0n) is 13.6. The Morgan fingerprint density at radius 2 is 2.29 bits per heavy atom. The molecule has 1 atom stereocenters. The van der Waals surface area contributed by atoms with Crippen LogP contribution in [0.15, 0.2) is 28.8 Å². The van der Waals surface area contributed by atoms with Crippen LogP contribution in [0.4, 0.5) is 8.78 Å². The van der Waals surface area contributed by atoms with Gasteiger partial charge in [0.15, 0.2) is 5.82 Å². The SMILES string of the molecule is Cc1noc(CC2CCCN(Cc3cccc(OC(F)F)c3)C2)n1. The van der Waals surface area contributed by atoms with Gasteiger partial charge in [-0.25, -0.2) is 0 Å². The third-order valence-electron chi connectivity index (χ3n) is 4.17. The van der Waals surface area contributed by atoms with Crippen molar-refractivity contribution < 1.29 is 18.0 Å². The molecule has 1 aliphatic heterocycles. The summed E-state index contributed by atoms with van der Waals surface area (Å²) in [6.45, 7) is 1.67. The van der Waals surface area contributed by atoms with Gasteiger partial charge in [-0.05, 0) is 49.9 Å². The number of nitrogens with zero attached hydrogens (tertiary/aromatic N) is 3. The molecule has 0 radical (unpaired) electrons. The van der Waals surface area contributed by atoms with Crippen molar-refractivity contribution in [3.05, 3.63) is 41.5 Å². The minimum Gasteiger partial charge on any atom is -0.435 e. The van der Waals surface area contributed by atoms with Crippen LogP contribution in [0.25, 0.3) is 0 Å². The third kappa shape index (κ3) is 4.74. The molecule has 0 N–H and O–H groups in total. The fraction of sp³-hybridized carbons (Fsp3) is 0.529. The highest BCUT2D eigenvalue weighted by Gasteiger charge is 2.22. The van der Waals surface area contributed by atoms with Gasteiger partial charge in [0.25, 0.3) is 0 Å². The van der Waals surface area contributed by atoms with Gasteiger partial charge in [0.1, 0.15) is 5.75 Å². The topological polar surface area (TPSA) is 51.4 Å². The van der Waals surface area contributed by atoms with Gasteiger partial charge in [0.2, 0.25) is 5.89 Å². The van der Waals surface area contributed by atoms with Crippen LogP contribution < -0.4 is 4.74 Å². The van der Waals surface area contributed by atoms with Crippen LogP contribution in [-0.2, 0) is 13.0 Å². The minimum atomic E-state index is -2.79. The molecule has 0 saturated carbocycles. The first-order chi connectivity index (χ1) is 11.6. The Hall–Kier alpha value is -2.02. The predicted molar refractivity (Wildman–Crippen MR) is 83.8 cm³/mol. The van der Waals surface area contributed by atoms with Crippen LogP contribution in [-0.4, -0.2) is 34.7 Å². The summed E-state index contributed by atoms with van der Waals surface area (Å²) in [5.41, 5.74) is 0.974. The average Bonchev–Trinajstić information content (AvgIpc) is 2.92. The number of benzene rings is 1. The molecule has 1 unspecified atom stereocenters. The number of hydrogen-bond donors (Lipinski definition) is 0. The summed E-state index contributed by atoms with van der Waals surface area (Å²) in [5.74, 6) is 2.02. The Morgan fingerprint density at radius 1 is 1.42 bits per heavy atom. The van der Waals surface area contributed by atoms with Crippen LogP contribution in [0.5, 0.6) is 5.75 Å². The molecule has 0 aliphatic carbocycles. The van der Waals surface area contributed by atoms with Gasteiger partial charge in [0, 0.05) is 19.5 Å². The first kappa shape index (κ1) is 16.8. The monoisotopic (exact) mass is 337 g/mol. The second kappa shape index (κ2) is 7.70. The lowest BCUT2D eigenvalue weighted by molar-refractivity contribution is -0.0499. The Labute approximate surface area is 139 Å². The number of likely N-dealkylation sites (tertiary alicyclic amines) is 1. The maximum absolute atomic E-state index is 12.3. The number of piperidine rings is 1. The van der Waals surface area contributed by atoms with E-state index >= 15 is 0 Å². The molecule has 0 spiro atoms. The van der Waals surface area contributed by atoms with E-state index in [1.165, 1.54) is 0 Å². The van der Waals surface area contributed by atoms with E-state index in [0.717, 1.165) is 44.5 Å². The van der Waals surface area contributed by atoms with Gasteiger partial charge in [-0.3, -0.25) is 4.90 Å². The number of aromatic nitrogens is 2. The lowest BCUT2D eigenvalue weighted by Crippen LogP contribution is -2.35. The largest absolute Gasteiger partial charge is 0.435 e. The molecule has 2 aromatic rings. The van der Waals surface area contributed by atoms with Crippen molar-refractivity contribution in [1.82, 2.24) is 15.0 Å². The molecule has 1 saturated heterocycles. The average molecular weight is 337 g/mol. The molecule has 1 aliphatic rings. The van der Waals surface area contributed by atoms with E-state index in [-0.39, 0.29) is 5.75 Å². The standard InChI is InChI=1S/C17H21F2N3O2/c1-12-20-16(24-21-12)9-14-5-3-7-22(11-14)10-13-4-2-6-15(8-13)23-17(18)19/h2,4,6,8,14,17H,3,5,7,9-11H2,1H3. The number of alkyl halides is 2. The molecule has 7 heteroatoms. The van der Waals surface area contributed by atoms with Crippen molar-refractivity contribution in [2.45, 2.75) is 39.3 Å². The summed E-state index contributed by atoms with van der Waals surface area (Å²) in [5, 5.41) is 3.83. The fourth-order valence-electron chi connectivity index (χ4n) is 3.21. The first-order valence-electron chi connectivity index (χ1n) is 8.14. The van der Waals surface area contributed by atoms with Crippen molar-refractivity contribution >= 4 is 0 Å². The summed E-state index contributed by atoms with van der Waals surface area (Å²) < 4.78 is 34.3. The zero-order valence-corrected chi connectivity index (χ0v) is 13.6. The van der Waals surface area contributed by atoms with E-state index < -0.39 is 6.61 Å². The minimum absolute atomic E-state index is 0.206. The molecule has 1 fully saturated rings. The van der Waals surface area contributed by atoms with Crippen molar-refractivity contribution in [2.24, 2.45) is 5.92 Å². The molecule has 3 rings (SSSR count). The second-order valence-corrected chi connectivity index (χ2v) is 6.21. The number of rotatable bonds is 6. The molecule has 0 amide bonds. The van der Waals surface area contributed by atoms with Gasteiger partial charge in [-0.2, -0.15) is 13.8 Å². The van der Waals surface area contributed by atoms with Gasteiger partial charge in [-0.1, -0.05) is 17.3 Å². The van der Waals surface area contributed by atoms with E-state index in [1.54, 1.807) is 18.2 Å². The third-order valence-corrected chi connectivity index (χ3v) is 4.17. The van der Waals surface area contributed by atoms with Crippen LogP contribution >= 0.6 is 0 Å². The van der Waals surface area contributed by atoms with Gasteiger partial charge >= 0.3 is 6.61 Å². The van der Waals surface area contributed by atoms with E-state index in [0.29, 0.717) is 17.6 Å². The highest BCUT2D eigenvalue weighted by atomic mass is 19.3. The first-order valence-corrected chi connectivity index (χ1v) is 8.14. The Balaban J connectivity index is 1.57. The van der Waals surface area contributed by atoms with Crippen molar-refractivity contribution in [3.8, 4) is 5.75 Å². The predicted octanol–water partition coefficient (Wildman–Crippen LogP) is 3.43. The molecule has 0 bridgehead atoms. The number of aryl methyl sites for hydroxylation is 1. The molecular formula is C17H21F2N3O2. The molecule has 24 heavy (non-hydrogen) atoms. The van der Waals surface area contributed by atoms with Crippen molar-refractivity contribution in [2.75, 3.05) is 13.1 Å². The van der Waals surface area contributed by atoms with Crippen LogP contribution in [0, 0.1) is 12.8 Å². The zero-order chi connectivity index (χ0) is 16.9. The Kier molecular flexibility index (Phi) is 5.40. The maximum Gasteiger partial charge on any atom is 0.387 e. The van der Waals surface area contributed by atoms with E-state index in [2.05, 4.69) is 19.8 Å². The summed E-state index contributed by atoms with van der Waals surface area (Å²) in [4.78, 5) is 6.60. The smallest absolute Gasteiger partial charge is 0.387 e. The van der Waals surface area contributed by atoms with Crippen LogP contribution in [0.2, 0.25) is 0 Å². The lowest BCUT2D eigenvalue weighted by Gasteiger charge is -2.32. The van der Waals surface area contributed by atoms with E-state index in [4.69, 9.17) is 4.52 Å². The molecule has 130 valence electrons. The maximum atomic E-state index is 12.3. The highest BCUT2D eigenvalue weighted by Crippen LogP contribution is 2.23. The second-order valence-electron chi connectivity index (χ2n) is 6.21. The Morgan fingerprint density at radius 3 is 3.04 bits per heavy atom. The number of halogens is 2. The lowest BCUT2D eigenvalue weighted by atomic mass is 9.94. The van der Waals surface area contributed by atoms with Crippen molar-refractivity contribution in [3.63, 3.8) is 0 Å². The number of hydrogen-bond acceptors (Lipinski definition) is 5. The van der Waals surface area contributed by atoms with E-state index in [9.17, 15) is 8.78 Å². The molecule has 1 aromatic carbocycles. The number of ether oxygens (including phenoxy) is 1. The van der Waals surface area contributed by atoms with Crippen molar-refractivity contribution in [1.29, 1.82) is 0 Å². The fourth-order valence-corrected chi connectivity index (χ4v) is 3.21. The summed E-state index contributed by atoms with van der Waals surface area (Å²) in [6.07, 6.45) is 3.02. The Bertz CT molecular complexity index is 663. The van der Waals surface area contributed by atoms with Crippen LogP contribution in [0.1, 0.15) is 30.1 Å². The molecule has 1 aromatic heterocycles.